The molecular formula is C30H30BrClF3N5O4S. The van der Waals surface area contributed by atoms with E-state index in [1.165, 1.54) is 0 Å². The number of fused-ring (bicyclic) bond motifs is 1. The lowest BCUT2D eigenvalue weighted by atomic mass is 9.82. The average molecular weight is 729 g/mol. The fourth-order valence-electron chi connectivity index (χ4n) is 4.72. The molecule has 240 valence electrons. The highest BCUT2D eigenvalue weighted by molar-refractivity contribution is 9.10. The van der Waals surface area contributed by atoms with Crippen molar-refractivity contribution in [3.05, 3.63) is 82.3 Å². The molecule has 1 fully saturated rings. The maximum absolute atomic E-state index is 12.6. The summed E-state index contributed by atoms with van der Waals surface area (Å²) in [5.41, 5.74) is 1.77. The zero-order valence-electron chi connectivity index (χ0n) is 23.7. The van der Waals surface area contributed by atoms with Crippen LogP contribution in [0, 0.1) is 11.8 Å². The Bertz CT molecular complexity index is 1700. The molecule has 9 nitrogen and oxygen atoms in total. The predicted molar refractivity (Wildman–Crippen MR) is 171 cm³/mol. The number of hydrogen-bond donors (Lipinski definition) is 4. The minimum absolute atomic E-state index is 0.291. The van der Waals surface area contributed by atoms with Crippen molar-refractivity contribution in [1.82, 2.24) is 14.7 Å². The van der Waals surface area contributed by atoms with Crippen LogP contribution in [0.2, 0.25) is 5.02 Å². The molecule has 1 aromatic heterocycles. The summed E-state index contributed by atoms with van der Waals surface area (Å²) >= 11 is 9.37. The van der Waals surface area contributed by atoms with E-state index < -0.39 is 22.2 Å². The third-order valence-electron chi connectivity index (χ3n) is 7.15. The number of carboxylic acids is 1. The van der Waals surface area contributed by atoms with Crippen LogP contribution >= 0.6 is 27.5 Å². The second-order valence-corrected chi connectivity index (χ2v) is 13.5. The maximum atomic E-state index is 12.6. The molecule has 3 aromatic carbocycles. The fraction of sp³-hybridized carbons (Fsp3) is 0.300. The predicted octanol–water partition coefficient (Wildman–Crippen LogP) is 7.62. The Kier molecular flexibility index (Phi) is 11.6. The molecular weight excluding hydrogens is 699 g/mol. The van der Waals surface area contributed by atoms with Crippen LogP contribution in [0.4, 0.5) is 30.6 Å². The SMILES string of the molecule is O=C(O)C(F)(F)F.O=S(=O)(NCC1CCC(CNc2nc(Nc3ccc(Cl)cc3)c3ccccc3n2)CC1)c1ccc(Br)cc1. The molecule has 0 saturated heterocycles. The number of sulfonamides is 1. The van der Waals surface area contributed by atoms with Crippen molar-refractivity contribution in [1.29, 1.82) is 0 Å². The van der Waals surface area contributed by atoms with E-state index in [9.17, 15) is 21.6 Å². The van der Waals surface area contributed by atoms with E-state index in [1.54, 1.807) is 24.3 Å². The summed E-state index contributed by atoms with van der Waals surface area (Å²) in [4.78, 5) is 18.7. The Morgan fingerprint density at radius 1 is 0.911 bits per heavy atom. The molecule has 0 bridgehead atoms. The van der Waals surface area contributed by atoms with Gasteiger partial charge in [0.2, 0.25) is 16.0 Å². The van der Waals surface area contributed by atoms with Crippen LogP contribution in [0.15, 0.2) is 82.2 Å². The number of rotatable bonds is 9. The lowest BCUT2D eigenvalue weighted by Gasteiger charge is -2.28. The van der Waals surface area contributed by atoms with Gasteiger partial charge in [-0.15, -0.1) is 0 Å². The largest absolute Gasteiger partial charge is 0.490 e. The van der Waals surface area contributed by atoms with Gasteiger partial charge in [-0.1, -0.05) is 39.7 Å². The van der Waals surface area contributed by atoms with Crippen LogP contribution < -0.4 is 15.4 Å². The Morgan fingerprint density at radius 3 is 2.09 bits per heavy atom. The van der Waals surface area contributed by atoms with Gasteiger partial charge in [-0.3, -0.25) is 0 Å². The van der Waals surface area contributed by atoms with E-state index in [1.807, 2.05) is 48.5 Å². The molecule has 0 amide bonds. The van der Waals surface area contributed by atoms with E-state index in [4.69, 9.17) is 31.5 Å². The summed E-state index contributed by atoms with van der Waals surface area (Å²) in [7, 11) is -3.50. The first-order chi connectivity index (χ1) is 21.3. The summed E-state index contributed by atoms with van der Waals surface area (Å²) < 4.78 is 60.6. The van der Waals surface area contributed by atoms with Crippen molar-refractivity contribution in [2.75, 3.05) is 23.7 Å². The number of benzene rings is 3. The van der Waals surface area contributed by atoms with Crippen LogP contribution in [0.25, 0.3) is 10.9 Å². The number of halogens is 5. The summed E-state index contributed by atoms with van der Waals surface area (Å²) in [6, 6.07) is 22.2. The molecule has 5 rings (SSSR count). The number of para-hydroxylation sites is 1. The van der Waals surface area contributed by atoms with Crippen molar-refractivity contribution in [3.63, 3.8) is 0 Å². The lowest BCUT2D eigenvalue weighted by Crippen LogP contribution is -2.32. The van der Waals surface area contributed by atoms with Gasteiger partial charge in [-0.05, 0) is 98.2 Å². The molecule has 4 aromatic rings. The Balaban J connectivity index is 0.000000591. The first kappa shape index (κ1) is 34.4. The molecule has 0 spiro atoms. The van der Waals surface area contributed by atoms with E-state index in [0.29, 0.717) is 34.2 Å². The molecule has 45 heavy (non-hydrogen) atoms. The van der Waals surface area contributed by atoms with Crippen molar-refractivity contribution >= 4 is 71.9 Å². The van der Waals surface area contributed by atoms with Gasteiger partial charge in [0.1, 0.15) is 5.82 Å². The molecule has 1 heterocycles. The number of hydrogen-bond acceptors (Lipinski definition) is 7. The van der Waals surface area contributed by atoms with Crippen molar-refractivity contribution < 1.29 is 31.5 Å². The lowest BCUT2D eigenvalue weighted by molar-refractivity contribution is -0.192. The number of carboxylic acid groups (broad SMARTS) is 1. The van der Waals surface area contributed by atoms with E-state index >= 15 is 0 Å². The average Bonchev–Trinajstić information content (AvgIpc) is 3.01. The monoisotopic (exact) mass is 727 g/mol. The van der Waals surface area contributed by atoms with Crippen LogP contribution in [0.1, 0.15) is 25.7 Å². The second kappa shape index (κ2) is 15.2. The summed E-state index contributed by atoms with van der Waals surface area (Å²) in [6.45, 7) is 1.24. The van der Waals surface area contributed by atoms with Gasteiger partial charge in [0.25, 0.3) is 0 Å². The van der Waals surface area contributed by atoms with E-state index in [-0.39, 0.29) is 0 Å². The highest BCUT2D eigenvalue weighted by atomic mass is 79.9. The summed E-state index contributed by atoms with van der Waals surface area (Å²) in [5.74, 6) is -0.611. The first-order valence-corrected chi connectivity index (χ1v) is 16.5. The highest BCUT2D eigenvalue weighted by Gasteiger charge is 2.38. The quantitative estimate of drug-likeness (QED) is 0.138. The molecule has 1 saturated carbocycles. The fourth-order valence-corrected chi connectivity index (χ4v) is 6.23. The zero-order valence-corrected chi connectivity index (χ0v) is 26.8. The molecule has 0 unspecified atom stereocenters. The van der Waals surface area contributed by atoms with Crippen molar-refractivity contribution in [2.24, 2.45) is 11.8 Å². The number of nitrogens with zero attached hydrogens (tertiary/aromatic N) is 2. The molecule has 0 aliphatic heterocycles. The van der Waals surface area contributed by atoms with E-state index in [0.717, 1.165) is 59.1 Å². The third kappa shape index (κ3) is 10.3. The van der Waals surface area contributed by atoms with Crippen molar-refractivity contribution in [3.8, 4) is 0 Å². The van der Waals surface area contributed by atoms with Gasteiger partial charge in [0.15, 0.2) is 0 Å². The number of aliphatic carboxylic acids is 1. The van der Waals surface area contributed by atoms with Crippen LogP contribution in [0.5, 0.6) is 0 Å². The molecule has 0 radical (unpaired) electrons. The van der Waals surface area contributed by atoms with Crippen LogP contribution in [0.3, 0.4) is 0 Å². The summed E-state index contributed by atoms with van der Waals surface area (Å²) in [5, 5.41) is 15.6. The van der Waals surface area contributed by atoms with Gasteiger partial charge in [-0.2, -0.15) is 18.2 Å². The smallest absolute Gasteiger partial charge is 0.475 e. The van der Waals surface area contributed by atoms with Gasteiger partial charge < -0.3 is 15.7 Å². The Morgan fingerprint density at radius 2 is 1.49 bits per heavy atom. The molecule has 4 N–H and O–H groups in total. The number of anilines is 3. The van der Waals surface area contributed by atoms with E-state index in [2.05, 4.69) is 31.3 Å². The number of aromatic nitrogens is 2. The minimum Gasteiger partial charge on any atom is -0.475 e. The summed E-state index contributed by atoms with van der Waals surface area (Å²) in [6.07, 6.45) is -1.06. The Hall–Kier alpha value is -3.46. The van der Waals surface area contributed by atoms with Gasteiger partial charge in [0, 0.05) is 33.7 Å². The number of nitrogens with one attached hydrogen (secondary N) is 3. The topological polar surface area (TPSA) is 133 Å². The Labute approximate surface area is 271 Å². The second-order valence-electron chi connectivity index (χ2n) is 10.4. The van der Waals surface area contributed by atoms with Crippen LogP contribution in [-0.2, 0) is 14.8 Å². The molecule has 1 aliphatic carbocycles. The standard InChI is InChI=1S/C28H29BrClN5O2S.C2HF3O2/c29-21-9-15-24(16-10-21)38(36,37)32-18-20-7-5-19(6-8-20)17-31-28-34-26-4-2-1-3-25(26)27(35-28)33-23-13-11-22(30)12-14-23;3-2(4,5)1(6)7/h1-4,9-16,19-20,32H,5-8,17-18H2,(H2,31,33,34,35);(H,6,7). The van der Waals surface area contributed by atoms with Crippen LogP contribution in [-0.4, -0.2) is 48.7 Å². The third-order valence-corrected chi connectivity index (χ3v) is 9.37. The first-order valence-electron chi connectivity index (χ1n) is 13.9. The zero-order chi connectivity index (χ0) is 32.6. The maximum Gasteiger partial charge on any atom is 0.490 e. The van der Waals surface area contributed by atoms with Gasteiger partial charge in [-0.25, -0.2) is 22.9 Å². The van der Waals surface area contributed by atoms with Gasteiger partial charge >= 0.3 is 12.1 Å². The normalized spacial score (nSPS) is 16.8. The molecule has 1 aliphatic rings. The number of carbonyl (C=O) groups is 1. The van der Waals surface area contributed by atoms with Gasteiger partial charge in [0.05, 0.1) is 10.4 Å². The molecule has 15 heteroatoms. The molecule has 0 atom stereocenters. The number of alkyl halides is 3. The highest BCUT2D eigenvalue weighted by Crippen LogP contribution is 2.30. The minimum atomic E-state index is -5.08. The van der Waals surface area contributed by atoms with Crippen molar-refractivity contribution in [2.45, 2.75) is 36.8 Å².